The average molecular weight is 420 g/mol. The lowest BCUT2D eigenvalue weighted by molar-refractivity contribution is -0.123. The number of anilines is 1. The predicted molar refractivity (Wildman–Crippen MR) is 98.5 cm³/mol. The number of nitrogens with one attached hydrogen (secondary N) is 2. The molecule has 0 atom stereocenters. The van der Waals surface area contributed by atoms with Gasteiger partial charge >= 0.3 is 6.18 Å². The number of rotatable bonds is 6. The lowest BCUT2D eigenvalue weighted by atomic mass is 10.2. The number of ether oxygens (including phenoxy) is 1. The third-order valence-corrected chi connectivity index (χ3v) is 3.75. The van der Waals surface area contributed by atoms with E-state index in [1.165, 1.54) is 7.11 Å². The normalized spacial score (nSPS) is 11.1. The average Bonchev–Trinajstić information content (AvgIpc) is 3.22. The SMILES string of the molecule is COc1cccc(C(=O)Nc2ccc(-n3nnc(C(=O)NCC(F)(F)F)n3)cc2)c1. The van der Waals surface area contributed by atoms with Crippen LogP contribution in [0, 0.1) is 0 Å². The van der Waals surface area contributed by atoms with Gasteiger partial charge in [0.1, 0.15) is 12.3 Å². The molecule has 1 aromatic heterocycles. The summed E-state index contributed by atoms with van der Waals surface area (Å²) in [4.78, 5) is 24.9. The molecule has 0 fully saturated rings. The number of halogens is 3. The minimum absolute atomic E-state index is 0.343. The number of nitrogens with zero attached hydrogens (tertiary/aromatic N) is 4. The van der Waals surface area contributed by atoms with E-state index < -0.39 is 24.5 Å². The Kier molecular flexibility index (Phi) is 5.95. The zero-order valence-electron chi connectivity index (χ0n) is 15.5. The molecule has 0 radical (unpaired) electrons. The number of hydrogen-bond acceptors (Lipinski definition) is 6. The Labute approximate surface area is 167 Å². The number of amides is 2. The topological polar surface area (TPSA) is 111 Å². The first-order chi connectivity index (χ1) is 14.2. The number of tetrazole rings is 1. The molecule has 0 spiro atoms. The molecule has 0 bridgehead atoms. The molecule has 2 amide bonds. The van der Waals surface area contributed by atoms with Gasteiger partial charge in [0.25, 0.3) is 17.6 Å². The van der Waals surface area contributed by atoms with Crippen LogP contribution >= 0.6 is 0 Å². The Morgan fingerprint density at radius 1 is 1.10 bits per heavy atom. The fourth-order valence-corrected chi connectivity index (χ4v) is 2.32. The van der Waals surface area contributed by atoms with Crippen molar-refractivity contribution in [2.45, 2.75) is 6.18 Å². The van der Waals surface area contributed by atoms with Crippen LogP contribution < -0.4 is 15.4 Å². The molecule has 0 aliphatic carbocycles. The highest BCUT2D eigenvalue weighted by atomic mass is 19.4. The molecular weight excluding hydrogens is 405 g/mol. The van der Waals surface area contributed by atoms with E-state index in [9.17, 15) is 22.8 Å². The lowest BCUT2D eigenvalue weighted by Gasteiger charge is -2.07. The summed E-state index contributed by atoms with van der Waals surface area (Å²) in [6.07, 6.45) is -4.54. The number of methoxy groups -OCH3 is 1. The molecule has 2 N–H and O–H groups in total. The maximum Gasteiger partial charge on any atom is 0.405 e. The highest BCUT2D eigenvalue weighted by molar-refractivity contribution is 6.04. The largest absolute Gasteiger partial charge is 0.497 e. The van der Waals surface area contributed by atoms with Crippen LogP contribution in [0.2, 0.25) is 0 Å². The van der Waals surface area contributed by atoms with Crippen LogP contribution in [0.5, 0.6) is 5.75 Å². The first-order valence-corrected chi connectivity index (χ1v) is 8.46. The van der Waals surface area contributed by atoms with Gasteiger partial charge in [0.05, 0.1) is 12.8 Å². The molecule has 0 aliphatic rings. The smallest absolute Gasteiger partial charge is 0.405 e. The Bertz CT molecular complexity index is 1050. The molecule has 9 nitrogen and oxygen atoms in total. The fraction of sp³-hybridized carbons (Fsp3) is 0.167. The standard InChI is InChI=1S/C18H15F3N6O3/c1-30-14-4-2-3-11(9-14)16(28)23-12-5-7-13(8-6-12)27-25-15(24-26-27)17(29)22-10-18(19,20)21/h2-9H,10H2,1H3,(H,22,29)(H,23,28). The molecular formula is C18H15F3N6O3. The zero-order chi connectivity index (χ0) is 21.7. The Balaban J connectivity index is 1.65. The van der Waals surface area contributed by atoms with E-state index in [0.717, 1.165) is 4.80 Å². The summed E-state index contributed by atoms with van der Waals surface area (Å²) in [7, 11) is 1.50. The van der Waals surface area contributed by atoms with Crippen molar-refractivity contribution in [3.63, 3.8) is 0 Å². The van der Waals surface area contributed by atoms with Crippen molar-refractivity contribution in [2.24, 2.45) is 0 Å². The number of benzene rings is 2. The molecule has 0 unspecified atom stereocenters. The summed E-state index contributed by atoms with van der Waals surface area (Å²) in [5.74, 6) is -1.40. The summed E-state index contributed by atoms with van der Waals surface area (Å²) in [5.41, 5.74) is 1.28. The highest BCUT2D eigenvalue weighted by Gasteiger charge is 2.28. The number of carbonyl (C=O) groups excluding carboxylic acids is 2. The lowest BCUT2D eigenvalue weighted by Crippen LogP contribution is -2.34. The van der Waals surface area contributed by atoms with E-state index in [1.54, 1.807) is 53.8 Å². The van der Waals surface area contributed by atoms with Crippen LogP contribution in [0.25, 0.3) is 5.69 Å². The third kappa shape index (κ3) is 5.31. The van der Waals surface area contributed by atoms with E-state index >= 15 is 0 Å². The van der Waals surface area contributed by atoms with Crippen molar-refractivity contribution < 1.29 is 27.5 Å². The summed E-state index contributed by atoms with van der Waals surface area (Å²) >= 11 is 0. The molecule has 12 heteroatoms. The maximum absolute atomic E-state index is 12.3. The van der Waals surface area contributed by atoms with Gasteiger partial charge in [-0.3, -0.25) is 9.59 Å². The second kappa shape index (κ2) is 8.59. The van der Waals surface area contributed by atoms with Crippen molar-refractivity contribution in [2.75, 3.05) is 19.0 Å². The molecule has 2 aromatic carbocycles. The van der Waals surface area contributed by atoms with Crippen LogP contribution in [0.1, 0.15) is 21.0 Å². The van der Waals surface area contributed by atoms with E-state index in [1.807, 2.05) is 0 Å². The minimum Gasteiger partial charge on any atom is -0.497 e. The van der Waals surface area contributed by atoms with Crippen molar-refractivity contribution >= 4 is 17.5 Å². The van der Waals surface area contributed by atoms with Gasteiger partial charge in [-0.25, -0.2) is 0 Å². The number of hydrogen-bond donors (Lipinski definition) is 2. The van der Waals surface area contributed by atoms with Crippen molar-refractivity contribution in [3.8, 4) is 11.4 Å². The minimum atomic E-state index is -4.54. The number of aromatic nitrogens is 4. The molecule has 30 heavy (non-hydrogen) atoms. The molecule has 0 saturated heterocycles. The number of alkyl halides is 3. The van der Waals surface area contributed by atoms with Crippen molar-refractivity contribution in [3.05, 3.63) is 59.9 Å². The van der Waals surface area contributed by atoms with Crippen LogP contribution in [-0.2, 0) is 0 Å². The number of carbonyl (C=O) groups is 2. The summed E-state index contributed by atoms with van der Waals surface area (Å²) < 4.78 is 41.6. The second-order valence-electron chi connectivity index (χ2n) is 5.93. The molecule has 3 rings (SSSR count). The summed E-state index contributed by atoms with van der Waals surface area (Å²) in [5, 5.41) is 15.2. The van der Waals surface area contributed by atoms with E-state index in [0.29, 0.717) is 22.7 Å². The summed E-state index contributed by atoms with van der Waals surface area (Å²) in [6.45, 7) is -1.50. The third-order valence-electron chi connectivity index (χ3n) is 3.75. The van der Waals surface area contributed by atoms with Gasteiger partial charge < -0.3 is 15.4 Å². The van der Waals surface area contributed by atoms with Crippen LogP contribution in [0.3, 0.4) is 0 Å². The molecule has 3 aromatic rings. The molecule has 156 valence electrons. The summed E-state index contributed by atoms with van der Waals surface area (Å²) in [6, 6.07) is 12.9. The Morgan fingerprint density at radius 3 is 2.50 bits per heavy atom. The van der Waals surface area contributed by atoms with E-state index in [4.69, 9.17) is 4.74 Å². The predicted octanol–water partition coefficient (Wildman–Crippen LogP) is 2.22. The molecule has 0 aliphatic heterocycles. The van der Waals surface area contributed by atoms with Gasteiger partial charge in [-0.05, 0) is 47.7 Å². The monoisotopic (exact) mass is 420 g/mol. The fourth-order valence-electron chi connectivity index (χ4n) is 2.32. The highest BCUT2D eigenvalue weighted by Crippen LogP contribution is 2.16. The van der Waals surface area contributed by atoms with Gasteiger partial charge in [-0.15, -0.1) is 15.0 Å². The quantitative estimate of drug-likeness (QED) is 0.633. The Hall–Kier alpha value is -3.96. The van der Waals surface area contributed by atoms with Gasteiger partial charge in [-0.2, -0.15) is 13.2 Å². The van der Waals surface area contributed by atoms with Crippen molar-refractivity contribution in [1.29, 1.82) is 0 Å². The van der Waals surface area contributed by atoms with Crippen LogP contribution in [0.15, 0.2) is 48.5 Å². The second-order valence-corrected chi connectivity index (χ2v) is 5.93. The van der Waals surface area contributed by atoms with Crippen molar-refractivity contribution in [1.82, 2.24) is 25.5 Å². The van der Waals surface area contributed by atoms with Gasteiger partial charge in [0, 0.05) is 11.3 Å². The van der Waals surface area contributed by atoms with Gasteiger partial charge in [0.2, 0.25) is 0 Å². The molecule has 1 heterocycles. The Morgan fingerprint density at radius 2 is 1.83 bits per heavy atom. The van der Waals surface area contributed by atoms with E-state index in [2.05, 4.69) is 20.7 Å². The van der Waals surface area contributed by atoms with Gasteiger partial charge in [0.15, 0.2) is 0 Å². The molecule has 0 saturated carbocycles. The van der Waals surface area contributed by atoms with E-state index in [-0.39, 0.29) is 5.91 Å². The maximum atomic E-state index is 12.3. The van der Waals surface area contributed by atoms with Gasteiger partial charge in [-0.1, -0.05) is 6.07 Å². The zero-order valence-corrected chi connectivity index (χ0v) is 15.5. The van der Waals surface area contributed by atoms with Crippen LogP contribution in [-0.4, -0.2) is 51.9 Å². The van der Waals surface area contributed by atoms with Crippen LogP contribution in [0.4, 0.5) is 18.9 Å². The first kappa shape index (κ1) is 20.8. The first-order valence-electron chi connectivity index (χ1n) is 8.46.